The number of nitriles is 1. The maximum atomic E-state index is 12.3. The molecule has 0 fully saturated rings. The summed E-state index contributed by atoms with van der Waals surface area (Å²) < 4.78 is 28.7. The highest BCUT2D eigenvalue weighted by Crippen LogP contribution is 2.18. The van der Waals surface area contributed by atoms with Gasteiger partial charge in [-0.25, -0.2) is 13.1 Å². The third-order valence-electron chi connectivity index (χ3n) is 3.20. The van der Waals surface area contributed by atoms with E-state index < -0.39 is 10.0 Å². The van der Waals surface area contributed by atoms with Gasteiger partial charge in [0.15, 0.2) is 0 Å². The Morgan fingerprint density at radius 3 is 2.76 bits per heavy atom. The van der Waals surface area contributed by atoms with Crippen molar-refractivity contribution in [2.45, 2.75) is 18.4 Å². The topological polar surface area (TPSA) is 114 Å². The van der Waals surface area contributed by atoms with E-state index in [9.17, 15) is 8.42 Å². The second-order valence-corrected chi connectivity index (χ2v) is 6.31. The average molecular weight is 305 g/mol. The van der Waals surface area contributed by atoms with Gasteiger partial charge < -0.3 is 5.73 Å². The number of nitrogens with one attached hydrogen (secondary N) is 1. The summed E-state index contributed by atoms with van der Waals surface area (Å²) in [5.74, 6) is 0. The SMILES string of the molecule is Cc1c(CNS(=O)(=O)c2ccc(N)cc2C#N)cnn1C. The van der Waals surface area contributed by atoms with E-state index in [1.807, 2.05) is 13.0 Å². The highest BCUT2D eigenvalue weighted by molar-refractivity contribution is 7.89. The first-order chi connectivity index (χ1) is 9.85. The zero-order valence-corrected chi connectivity index (χ0v) is 12.5. The monoisotopic (exact) mass is 305 g/mol. The van der Waals surface area contributed by atoms with Gasteiger partial charge in [-0.05, 0) is 25.1 Å². The van der Waals surface area contributed by atoms with E-state index in [-0.39, 0.29) is 17.0 Å². The summed E-state index contributed by atoms with van der Waals surface area (Å²) in [6.45, 7) is 1.96. The Bertz CT molecular complexity index is 818. The Morgan fingerprint density at radius 2 is 2.19 bits per heavy atom. The number of hydrogen-bond donors (Lipinski definition) is 2. The van der Waals surface area contributed by atoms with Crippen molar-refractivity contribution in [1.29, 1.82) is 5.26 Å². The van der Waals surface area contributed by atoms with Crippen LogP contribution in [0.15, 0.2) is 29.3 Å². The molecule has 1 heterocycles. The van der Waals surface area contributed by atoms with Crippen LogP contribution in [0.3, 0.4) is 0 Å². The number of nitrogens with zero attached hydrogens (tertiary/aromatic N) is 3. The lowest BCUT2D eigenvalue weighted by Gasteiger charge is -2.08. The molecule has 0 aliphatic rings. The van der Waals surface area contributed by atoms with Gasteiger partial charge in [0, 0.05) is 30.5 Å². The minimum Gasteiger partial charge on any atom is -0.399 e. The first kappa shape index (κ1) is 15.0. The van der Waals surface area contributed by atoms with E-state index in [4.69, 9.17) is 11.0 Å². The molecular weight excluding hydrogens is 290 g/mol. The van der Waals surface area contributed by atoms with E-state index in [2.05, 4.69) is 9.82 Å². The van der Waals surface area contributed by atoms with Crippen LogP contribution >= 0.6 is 0 Å². The minimum absolute atomic E-state index is 0.0189. The van der Waals surface area contributed by atoms with Gasteiger partial charge in [0.1, 0.15) is 6.07 Å². The molecule has 0 amide bonds. The maximum Gasteiger partial charge on any atom is 0.242 e. The predicted octanol–water partition coefficient (Wildman–Crippen LogP) is 0.661. The van der Waals surface area contributed by atoms with Gasteiger partial charge in [-0.15, -0.1) is 0 Å². The molecular formula is C13H15N5O2S. The van der Waals surface area contributed by atoms with Crippen LogP contribution in [0, 0.1) is 18.3 Å². The second-order valence-electron chi connectivity index (χ2n) is 4.57. The molecule has 0 unspecified atom stereocenters. The van der Waals surface area contributed by atoms with Crippen LogP contribution in [0.4, 0.5) is 5.69 Å². The van der Waals surface area contributed by atoms with Crippen molar-refractivity contribution < 1.29 is 8.42 Å². The third kappa shape index (κ3) is 3.04. The molecule has 2 rings (SSSR count). The van der Waals surface area contributed by atoms with Crippen LogP contribution < -0.4 is 10.5 Å². The molecule has 1 aromatic heterocycles. The molecule has 21 heavy (non-hydrogen) atoms. The third-order valence-corrected chi connectivity index (χ3v) is 4.66. The summed E-state index contributed by atoms with van der Waals surface area (Å²) in [5.41, 5.74) is 7.56. The molecule has 0 aliphatic carbocycles. The Hall–Kier alpha value is -2.37. The molecule has 0 spiro atoms. The van der Waals surface area contributed by atoms with Crippen LogP contribution in [-0.4, -0.2) is 18.2 Å². The lowest BCUT2D eigenvalue weighted by molar-refractivity contribution is 0.581. The summed E-state index contributed by atoms with van der Waals surface area (Å²) in [5, 5.41) is 13.1. The molecule has 0 atom stereocenters. The van der Waals surface area contributed by atoms with E-state index in [0.717, 1.165) is 11.3 Å². The number of sulfonamides is 1. The van der Waals surface area contributed by atoms with Crippen LogP contribution in [0.2, 0.25) is 0 Å². The summed E-state index contributed by atoms with van der Waals surface area (Å²) in [4.78, 5) is -0.0826. The number of aryl methyl sites for hydroxylation is 1. The van der Waals surface area contributed by atoms with Crippen LogP contribution in [0.5, 0.6) is 0 Å². The molecule has 7 nitrogen and oxygen atoms in total. The van der Waals surface area contributed by atoms with Crippen LogP contribution in [-0.2, 0) is 23.6 Å². The first-order valence-corrected chi connectivity index (χ1v) is 7.60. The molecule has 0 saturated carbocycles. The number of anilines is 1. The second kappa shape index (κ2) is 5.55. The fraction of sp³-hybridized carbons (Fsp3) is 0.231. The van der Waals surface area contributed by atoms with E-state index in [0.29, 0.717) is 5.69 Å². The summed E-state index contributed by atoms with van der Waals surface area (Å²) in [7, 11) is -2.01. The molecule has 0 saturated heterocycles. The normalized spacial score (nSPS) is 11.3. The Morgan fingerprint density at radius 1 is 1.48 bits per heavy atom. The largest absolute Gasteiger partial charge is 0.399 e. The van der Waals surface area contributed by atoms with Gasteiger partial charge in [0.2, 0.25) is 10.0 Å². The number of rotatable bonds is 4. The summed E-state index contributed by atoms with van der Waals surface area (Å²) in [6.07, 6.45) is 1.60. The average Bonchev–Trinajstić information content (AvgIpc) is 2.76. The molecule has 8 heteroatoms. The Balaban J connectivity index is 2.27. The lowest BCUT2D eigenvalue weighted by atomic mass is 10.2. The van der Waals surface area contributed by atoms with E-state index in [1.165, 1.54) is 18.2 Å². The lowest BCUT2D eigenvalue weighted by Crippen LogP contribution is -2.24. The highest BCUT2D eigenvalue weighted by atomic mass is 32.2. The fourth-order valence-corrected chi connectivity index (χ4v) is 2.98. The van der Waals surface area contributed by atoms with Crippen molar-refractivity contribution in [2.24, 2.45) is 7.05 Å². The number of nitrogens with two attached hydrogens (primary N) is 1. The van der Waals surface area contributed by atoms with Gasteiger partial charge in [-0.1, -0.05) is 0 Å². The van der Waals surface area contributed by atoms with Crippen LogP contribution in [0.1, 0.15) is 16.8 Å². The van der Waals surface area contributed by atoms with Crippen LogP contribution in [0.25, 0.3) is 0 Å². The first-order valence-electron chi connectivity index (χ1n) is 6.12. The Kier molecular flexibility index (Phi) is 3.97. The van der Waals surface area contributed by atoms with Crippen molar-refractivity contribution in [3.8, 4) is 6.07 Å². The van der Waals surface area contributed by atoms with Crippen molar-refractivity contribution >= 4 is 15.7 Å². The van der Waals surface area contributed by atoms with Crippen molar-refractivity contribution in [2.75, 3.05) is 5.73 Å². The minimum atomic E-state index is -3.79. The quantitative estimate of drug-likeness (QED) is 0.805. The molecule has 1 aromatic carbocycles. The standard InChI is InChI=1S/C13H15N5O2S/c1-9-11(7-16-18(9)2)8-17-21(19,20)13-4-3-12(15)5-10(13)6-14/h3-5,7,17H,8,15H2,1-2H3. The van der Waals surface area contributed by atoms with Crippen molar-refractivity contribution in [3.05, 3.63) is 41.2 Å². The van der Waals surface area contributed by atoms with Crippen molar-refractivity contribution in [3.63, 3.8) is 0 Å². The molecule has 3 N–H and O–H groups in total. The van der Waals surface area contributed by atoms with Gasteiger partial charge in [0.25, 0.3) is 0 Å². The predicted molar refractivity (Wildman–Crippen MR) is 77.5 cm³/mol. The van der Waals surface area contributed by atoms with Gasteiger partial charge >= 0.3 is 0 Å². The molecule has 0 radical (unpaired) electrons. The fourth-order valence-electron chi connectivity index (χ4n) is 1.84. The Labute approximate surface area is 123 Å². The van der Waals surface area contributed by atoms with E-state index in [1.54, 1.807) is 17.9 Å². The zero-order valence-electron chi connectivity index (χ0n) is 11.7. The number of nitrogen functional groups attached to an aromatic ring is 1. The molecule has 0 aliphatic heterocycles. The number of hydrogen-bond acceptors (Lipinski definition) is 5. The van der Waals surface area contributed by atoms with E-state index >= 15 is 0 Å². The summed E-state index contributed by atoms with van der Waals surface area (Å²) >= 11 is 0. The van der Waals surface area contributed by atoms with Gasteiger partial charge in [-0.2, -0.15) is 10.4 Å². The zero-order chi connectivity index (χ0) is 15.6. The number of aromatic nitrogens is 2. The number of benzene rings is 1. The summed E-state index contributed by atoms with van der Waals surface area (Å²) in [6, 6.07) is 5.95. The molecule has 0 bridgehead atoms. The smallest absolute Gasteiger partial charge is 0.242 e. The highest BCUT2D eigenvalue weighted by Gasteiger charge is 2.19. The molecule has 110 valence electrons. The molecule has 2 aromatic rings. The van der Waals surface area contributed by atoms with Gasteiger partial charge in [-0.3, -0.25) is 4.68 Å². The van der Waals surface area contributed by atoms with Crippen molar-refractivity contribution in [1.82, 2.24) is 14.5 Å². The van der Waals surface area contributed by atoms with Gasteiger partial charge in [0.05, 0.1) is 16.7 Å². The maximum absolute atomic E-state index is 12.3.